The zero-order valence-electron chi connectivity index (χ0n) is 10.3. The molecule has 17 heavy (non-hydrogen) atoms. The molecule has 0 bridgehead atoms. The molecule has 1 heterocycles. The Morgan fingerprint density at radius 2 is 2.00 bits per heavy atom. The number of piperazine rings is 1. The predicted octanol–water partition coefficient (Wildman–Crippen LogP) is 3.12. The zero-order chi connectivity index (χ0) is 11.5. The number of nitrogens with zero attached hydrogens (tertiary/aromatic N) is 1. The van der Waals surface area contributed by atoms with Crippen molar-refractivity contribution in [1.82, 2.24) is 10.2 Å². The summed E-state index contributed by atoms with van der Waals surface area (Å²) in [4.78, 5) is 2.52. The smallest absolute Gasteiger partial charge is 0.0406 e. The first kappa shape index (κ1) is 14.8. The Bertz CT molecular complexity index is 340. The van der Waals surface area contributed by atoms with E-state index in [4.69, 9.17) is 11.6 Å². The summed E-state index contributed by atoms with van der Waals surface area (Å²) in [6.45, 7) is 7.82. The Morgan fingerprint density at radius 1 is 1.35 bits per heavy atom. The van der Waals surface area contributed by atoms with Crippen molar-refractivity contribution in [3.05, 3.63) is 34.9 Å². The number of halogens is 2. The van der Waals surface area contributed by atoms with E-state index in [1.165, 1.54) is 5.56 Å². The molecule has 1 aliphatic heterocycles. The van der Waals surface area contributed by atoms with Crippen LogP contribution in [0.25, 0.3) is 0 Å². The van der Waals surface area contributed by atoms with Gasteiger partial charge in [-0.05, 0) is 31.5 Å². The van der Waals surface area contributed by atoms with Crippen LogP contribution in [-0.2, 0) is 0 Å². The van der Waals surface area contributed by atoms with E-state index in [2.05, 4.69) is 36.2 Å². The van der Waals surface area contributed by atoms with E-state index < -0.39 is 0 Å². The van der Waals surface area contributed by atoms with Crippen molar-refractivity contribution >= 4 is 24.0 Å². The molecule has 2 atom stereocenters. The Morgan fingerprint density at radius 3 is 2.59 bits per heavy atom. The summed E-state index contributed by atoms with van der Waals surface area (Å²) in [6.07, 6.45) is 0. The van der Waals surface area contributed by atoms with Gasteiger partial charge in [0.15, 0.2) is 0 Å². The molecular weight excluding hydrogens is 255 g/mol. The highest BCUT2D eigenvalue weighted by molar-refractivity contribution is 6.30. The van der Waals surface area contributed by atoms with Crippen LogP contribution in [0.1, 0.15) is 25.5 Å². The first-order valence-electron chi connectivity index (χ1n) is 5.89. The number of hydrogen-bond acceptors (Lipinski definition) is 2. The van der Waals surface area contributed by atoms with Crippen molar-refractivity contribution in [3.8, 4) is 0 Å². The third kappa shape index (κ3) is 3.85. The molecule has 96 valence electrons. The van der Waals surface area contributed by atoms with Crippen molar-refractivity contribution in [2.45, 2.75) is 25.9 Å². The maximum atomic E-state index is 5.90. The van der Waals surface area contributed by atoms with E-state index in [-0.39, 0.29) is 12.4 Å². The molecule has 0 aromatic heterocycles. The van der Waals surface area contributed by atoms with E-state index >= 15 is 0 Å². The minimum absolute atomic E-state index is 0. The lowest BCUT2D eigenvalue weighted by Crippen LogP contribution is -2.49. The number of benzene rings is 1. The summed E-state index contributed by atoms with van der Waals surface area (Å²) < 4.78 is 0. The van der Waals surface area contributed by atoms with Gasteiger partial charge in [-0.15, -0.1) is 12.4 Å². The van der Waals surface area contributed by atoms with Crippen molar-refractivity contribution < 1.29 is 0 Å². The molecule has 1 aromatic carbocycles. The first-order valence-corrected chi connectivity index (χ1v) is 6.27. The minimum atomic E-state index is 0. The number of hydrogen-bond donors (Lipinski definition) is 1. The largest absolute Gasteiger partial charge is 0.312 e. The van der Waals surface area contributed by atoms with Crippen LogP contribution in [0.5, 0.6) is 0 Å². The molecule has 1 aromatic rings. The van der Waals surface area contributed by atoms with Gasteiger partial charge in [-0.2, -0.15) is 0 Å². The maximum Gasteiger partial charge on any atom is 0.0406 e. The van der Waals surface area contributed by atoms with Gasteiger partial charge >= 0.3 is 0 Å². The molecule has 1 aliphatic rings. The van der Waals surface area contributed by atoms with Crippen LogP contribution in [0.3, 0.4) is 0 Å². The topological polar surface area (TPSA) is 15.3 Å². The second-order valence-electron chi connectivity index (χ2n) is 4.58. The summed E-state index contributed by atoms with van der Waals surface area (Å²) in [6, 6.07) is 9.25. The van der Waals surface area contributed by atoms with E-state index in [9.17, 15) is 0 Å². The SMILES string of the molecule is CC1CN(C(C)c2ccc(Cl)cc2)CCN1.Cl. The minimum Gasteiger partial charge on any atom is -0.312 e. The molecule has 0 saturated carbocycles. The van der Waals surface area contributed by atoms with Crippen LogP contribution < -0.4 is 5.32 Å². The molecule has 1 N–H and O–H groups in total. The third-order valence-electron chi connectivity index (χ3n) is 3.30. The molecule has 0 radical (unpaired) electrons. The van der Waals surface area contributed by atoms with Gasteiger partial charge in [-0.25, -0.2) is 0 Å². The van der Waals surface area contributed by atoms with Crippen LogP contribution in [0, 0.1) is 0 Å². The first-order chi connectivity index (χ1) is 7.66. The second kappa shape index (κ2) is 6.60. The van der Waals surface area contributed by atoms with Crippen molar-refractivity contribution in [2.24, 2.45) is 0 Å². The Kier molecular flexibility index (Phi) is 5.74. The van der Waals surface area contributed by atoms with Gasteiger partial charge in [-0.1, -0.05) is 23.7 Å². The molecule has 2 nitrogen and oxygen atoms in total. The van der Waals surface area contributed by atoms with Crippen LogP contribution in [0.15, 0.2) is 24.3 Å². The lowest BCUT2D eigenvalue weighted by molar-refractivity contribution is 0.159. The summed E-state index contributed by atoms with van der Waals surface area (Å²) >= 11 is 5.90. The average molecular weight is 275 g/mol. The number of rotatable bonds is 2. The summed E-state index contributed by atoms with van der Waals surface area (Å²) in [5, 5.41) is 4.27. The van der Waals surface area contributed by atoms with Crippen LogP contribution in [0.4, 0.5) is 0 Å². The van der Waals surface area contributed by atoms with Crippen molar-refractivity contribution in [1.29, 1.82) is 0 Å². The second-order valence-corrected chi connectivity index (χ2v) is 5.01. The lowest BCUT2D eigenvalue weighted by Gasteiger charge is -2.36. The molecule has 4 heteroatoms. The standard InChI is InChI=1S/C13H19ClN2.ClH/c1-10-9-16(8-7-15-10)11(2)12-3-5-13(14)6-4-12;/h3-6,10-11,15H,7-9H2,1-2H3;1H. The summed E-state index contributed by atoms with van der Waals surface area (Å²) in [5.74, 6) is 0. The van der Waals surface area contributed by atoms with Crippen molar-refractivity contribution in [2.75, 3.05) is 19.6 Å². The van der Waals surface area contributed by atoms with Gasteiger partial charge in [0.05, 0.1) is 0 Å². The highest BCUT2D eigenvalue weighted by Crippen LogP contribution is 2.22. The number of nitrogens with one attached hydrogen (secondary N) is 1. The zero-order valence-corrected chi connectivity index (χ0v) is 11.9. The average Bonchev–Trinajstić information content (AvgIpc) is 2.29. The fraction of sp³-hybridized carbons (Fsp3) is 0.538. The van der Waals surface area contributed by atoms with E-state index in [0.717, 1.165) is 24.7 Å². The molecule has 2 unspecified atom stereocenters. The van der Waals surface area contributed by atoms with Gasteiger partial charge in [0.1, 0.15) is 0 Å². The molecular formula is C13H20Cl2N2. The Balaban J connectivity index is 0.00000144. The highest BCUT2D eigenvalue weighted by atomic mass is 35.5. The summed E-state index contributed by atoms with van der Waals surface area (Å²) in [7, 11) is 0. The van der Waals surface area contributed by atoms with Gasteiger partial charge in [-0.3, -0.25) is 4.90 Å². The Hall–Kier alpha value is -0.280. The molecule has 2 rings (SSSR count). The lowest BCUT2D eigenvalue weighted by atomic mass is 10.1. The maximum absolute atomic E-state index is 5.90. The molecule has 0 aliphatic carbocycles. The van der Waals surface area contributed by atoms with E-state index in [1.54, 1.807) is 0 Å². The van der Waals surface area contributed by atoms with E-state index in [1.807, 2.05) is 12.1 Å². The Labute approximate surface area is 115 Å². The van der Waals surface area contributed by atoms with Gasteiger partial charge < -0.3 is 5.32 Å². The normalized spacial score (nSPS) is 22.9. The van der Waals surface area contributed by atoms with Crippen LogP contribution >= 0.6 is 24.0 Å². The van der Waals surface area contributed by atoms with Crippen LogP contribution in [0.2, 0.25) is 5.02 Å². The fourth-order valence-electron chi connectivity index (χ4n) is 2.27. The van der Waals surface area contributed by atoms with Gasteiger partial charge in [0.2, 0.25) is 0 Å². The molecule has 1 saturated heterocycles. The van der Waals surface area contributed by atoms with E-state index in [0.29, 0.717) is 12.1 Å². The monoisotopic (exact) mass is 274 g/mol. The van der Waals surface area contributed by atoms with Gasteiger partial charge in [0.25, 0.3) is 0 Å². The highest BCUT2D eigenvalue weighted by Gasteiger charge is 2.21. The van der Waals surface area contributed by atoms with Crippen LogP contribution in [-0.4, -0.2) is 30.6 Å². The van der Waals surface area contributed by atoms with Crippen molar-refractivity contribution in [3.63, 3.8) is 0 Å². The molecule has 0 spiro atoms. The fourth-order valence-corrected chi connectivity index (χ4v) is 2.39. The third-order valence-corrected chi connectivity index (χ3v) is 3.55. The molecule has 1 fully saturated rings. The predicted molar refractivity (Wildman–Crippen MR) is 76.2 cm³/mol. The molecule has 0 amide bonds. The quantitative estimate of drug-likeness (QED) is 0.892. The van der Waals surface area contributed by atoms with Gasteiger partial charge in [0, 0.05) is 36.7 Å². The summed E-state index contributed by atoms with van der Waals surface area (Å²) in [5.41, 5.74) is 1.35.